The lowest BCUT2D eigenvalue weighted by Crippen LogP contribution is -2.49. The monoisotopic (exact) mass is 411 g/mol. The first-order chi connectivity index (χ1) is 14.0. The van der Waals surface area contributed by atoms with Gasteiger partial charge in [-0.15, -0.1) is 11.3 Å². The van der Waals surface area contributed by atoms with Gasteiger partial charge in [0.2, 0.25) is 5.91 Å². The topological polar surface area (TPSA) is 53.7 Å². The van der Waals surface area contributed by atoms with Crippen LogP contribution in [0.4, 0.5) is 0 Å². The molecule has 1 saturated heterocycles. The lowest BCUT2D eigenvalue weighted by atomic mass is 10.1. The zero-order chi connectivity index (χ0) is 20.4. The summed E-state index contributed by atoms with van der Waals surface area (Å²) in [5, 5.41) is 6.66. The Bertz CT molecular complexity index is 986. The van der Waals surface area contributed by atoms with Crippen molar-refractivity contribution in [2.24, 2.45) is 0 Å². The summed E-state index contributed by atoms with van der Waals surface area (Å²) in [7, 11) is 0. The van der Waals surface area contributed by atoms with Gasteiger partial charge in [-0.1, -0.05) is 6.07 Å². The number of aromatic nitrogens is 3. The first kappa shape index (κ1) is 20.0. The third-order valence-corrected chi connectivity index (χ3v) is 6.79. The van der Waals surface area contributed by atoms with Gasteiger partial charge in [0.25, 0.3) is 0 Å². The number of hydrogen-bond donors (Lipinski definition) is 0. The Labute approximate surface area is 176 Å². The Kier molecular flexibility index (Phi) is 5.96. The van der Waals surface area contributed by atoms with Crippen molar-refractivity contribution in [3.05, 3.63) is 51.1 Å². The van der Waals surface area contributed by atoms with Crippen molar-refractivity contribution >= 4 is 22.9 Å². The molecule has 0 unspecified atom stereocenters. The Morgan fingerprint density at radius 3 is 2.66 bits per heavy atom. The van der Waals surface area contributed by atoms with Gasteiger partial charge in [0.05, 0.1) is 5.69 Å². The summed E-state index contributed by atoms with van der Waals surface area (Å²) in [6, 6.07) is 6.30. The summed E-state index contributed by atoms with van der Waals surface area (Å²) < 4.78 is 1.90. The third kappa shape index (κ3) is 4.51. The van der Waals surface area contributed by atoms with Gasteiger partial charge in [0.15, 0.2) is 5.65 Å². The molecule has 0 saturated carbocycles. The van der Waals surface area contributed by atoms with Crippen LogP contribution in [0.3, 0.4) is 0 Å². The minimum Gasteiger partial charge on any atom is -0.340 e. The van der Waals surface area contributed by atoms with Crippen molar-refractivity contribution in [3.8, 4) is 0 Å². The molecular formula is C22H29N5OS. The highest BCUT2D eigenvalue weighted by Crippen LogP contribution is 2.18. The van der Waals surface area contributed by atoms with Crippen molar-refractivity contribution in [1.82, 2.24) is 24.4 Å². The number of amides is 1. The van der Waals surface area contributed by atoms with E-state index in [2.05, 4.69) is 39.4 Å². The molecule has 29 heavy (non-hydrogen) atoms. The van der Waals surface area contributed by atoms with Crippen molar-refractivity contribution in [2.75, 3.05) is 32.7 Å². The molecule has 3 aromatic rings. The van der Waals surface area contributed by atoms with Crippen LogP contribution in [0.1, 0.15) is 33.9 Å². The maximum absolute atomic E-state index is 12.8. The zero-order valence-corrected chi connectivity index (χ0v) is 18.3. The fourth-order valence-electron chi connectivity index (χ4n) is 4.14. The second kappa shape index (κ2) is 8.63. The van der Waals surface area contributed by atoms with Crippen molar-refractivity contribution in [1.29, 1.82) is 0 Å². The molecule has 3 aromatic heterocycles. The van der Waals surface area contributed by atoms with Crippen LogP contribution < -0.4 is 0 Å². The number of rotatable bonds is 6. The largest absolute Gasteiger partial charge is 0.340 e. The van der Waals surface area contributed by atoms with E-state index in [-0.39, 0.29) is 5.91 Å². The van der Waals surface area contributed by atoms with Crippen molar-refractivity contribution in [2.45, 2.75) is 40.0 Å². The number of carbonyl (C=O) groups excluding carboxylic acids is 1. The van der Waals surface area contributed by atoms with E-state index in [1.54, 1.807) is 0 Å². The van der Waals surface area contributed by atoms with Crippen LogP contribution in [0.15, 0.2) is 23.6 Å². The average Bonchev–Trinajstić information content (AvgIpc) is 3.35. The fourth-order valence-corrected chi connectivity index (χ4v) is 4.84. The van der Waals surface area contributed by atoms with Crippen LogP contribution in [0.2, 0.25) is 0 Å². The predicted octanol–water partition coefficient (Wildman–Crippen LogP) is 3.04. The van der Waals surface area contributed by atoms with E-state index < -0.39 is 0 Å². The van der Waals surface area contributed by atoms with Gasteiger partial charge in [-0.3, -0.25) is 9.69 Å². The van der Waals surface area contributed by atoms with Crippen LogP contribution >= 0.6 is 11.3 Å². The molecule has 0 aromatic carbocycles. The standard InChI is InChI=1S/C22H29N5OS/c1-16-15-21-23-17(2)20(18(3)27(21)24-16)6-7-22(28)26-12-10-25(11-13-26)9-8-19-5-4-14-29-19/h4-5,14-15H,6-13H2,1-3H3. The first-order valence-corrected chi connectivity index (χ1v) is 11.2. The van der Waals surface area contributed by atoms with E-state index in [9.17, 15) is 4.79 Å². The van der Waals surface area contributed by atoms with Gasteiger partial charge in [-0.25, -0.2) is 9.50 Å². The van der Waals surface area contributed by atoms with E-state index in [1.807, 2.05) is 40.7 Å². The van der Waals surface area contributed by atoms with Crippen LogP contribution in [-0.2, 0) is 17.6 Å². The van der Waals surface area contributed by atoms with E-state index in [4.69, 9.17) is 0 Å². The molecule has 7 heteroatoms. The van der Waals surface area contributed by atoms with E-state index in [0.29, 0.717) is 6.42 Å². The normalized spacial score (nSPS) is 15.3. The second-order valence-electron chi connectivity index (χ2n) is 7.87. The van der Waals surface area contributed by atoms with Crippen molar-refractivity contribution in [3.63, 3.8) is 0 Å². The molecule has 0 bridgehead atoms. The molecule has 0 aliphatic carbocycles. The van der Waals surface area contributed by atoms with Crippen molar-refractivity contribution < 1.29 is 4.79 Å². The van der Waals surface area contributed by atoms with Gasteiger partial charge in [0, 0.05) is 61.5 Å². The summed E-state index contributed by atoms with van der Waals surface area (Å²) in [6.07, 6.45) is 2.35. The van der Waals surface area contributed by atoms with E-state index in [0.717, 1.165) is 73.9 Å². The molecule has 0 spiro atoms. The lowest BCUT2D eigenvalue weighted by Gasteiger charge is -2.34. The van der Waals surface area contributed by atoms with Gasteiger partial charge in [-0.05, 0) is 50.6 Å². The van der Waals surface area contributed by atoms with Gasteiger partial charge in [0.1, 0.15) is 0 Å². The number of carbonyl (C=O) groups is 1. The Balaban J connectivity index is 1.30. The fraction of sp³-hybridized carbons (Fsp3) is 0.500. The smallest absolute Gasteiger partial charge is 0.222 e. The number of nitrogens with zero attached hydrogens (tertiary/aromatic N) is 5. The molecule has 0 radical (unpaired) electrons. The molecule has 1 aliphatic heterocycles. The lowest BCUT2D eigenvalue weighted by molar-refractivity contribution is -0.132. The second-order valence-corrected chi connectivity index (χ2v) is 8.90. The molecule has 1 amide bonds. The maximum atomic E-state index is 12.8. The van der Waals surface area contributed by atoms with Crippen LogP contribution in [0.5, 0.6) is 0 Å². The Morgan fingerprint density at radius 2 is 1.93 bits per heavy atom. The SMILES string of the molecule is Cc1cc2nc(C)c(CCC(=O)N3CCN(CCc4cccs4)CC3)c(C)n2n1. The van der Waals surface area contributed by atoms with Gasteiger partial charge < -0.3 is 4.90 Å². The van der Waals surface area contributed by atoms with Crippen LogP contribution in [-0.4, -0.2) is 63.0 Å². The van der Waals surface area contributed by atoms with Crippen LogP contribution in [0.25, 0.3) is 5.65 Å². The molecule has 4 heterocycles. The predicted molar refractivity (Wildman–Crippen MR) is 117 cm³/mol. The number of piperazine rings is 1. The van der Waals surface area contributed by atoms with Crippen LogP contribution in [0, 0.1) is 20.8 Å². The highest BCUT2D eigenvalue weighted by atomic mass is 32.1. The highest BCUT2D eigenvalue weighted by Gasteiger charge is 2.21. The Hall–Kier alpha value is -2.25. The molecule has 1 fully saturated rings. The van der Waals surface area contributed by atoms with Gasteiger partial charge in [-0.2, -0.15) is 5.10 Å². The quantitative estimate of drug-likeness (QED) is 0.626. The summed E-state index contributed by atoms with van der Waals surface area (Å²) >= 11 is 1.82. The van der Waals surface area contributed by atoms with Gasteiger partial charge >= 0.3 is 0 Å². The molecule has 1 aliphatic rings. The highest BCUT2D eigenvalue weighted by molar-refractivity contribution is 7.09. The number of aryl methyl sites for hydroxylation is 3. The maximum Gasteiger partial charge on any atom is 0.222 e. The first-order valence-electron chi connectivity index (χ1n) is 10.4. The zero-order valence-electron chi connectivity index (χ0n) is 17.5. The molecular weight excluding hydrogens is 382 g/mol. The summed E-state index contributed by atoms with van der Waals surface area (Å²) in [5.74, 6) is 0.249. The molecule has 0 N–H and O–H groups in total. The molecule has 6 nitrogen and oxygen atoms in total. The number of hydrogen-bond acceptors (Lipinski definition) is 5. The third-order valence-electron chi connectivity index (χ3n) is 5.85. The minimum atomic E-state index is 0.249. The summed E-state index contributed by atoms with van der Waals surface area (Å²) in [4.78, 5) is 23.4. The number of thiophene rings is 1. The molecule has 4 rings (SSSR count). The summed E-state index contributed by atoms with van der Waals surface area (Å²) in [6.45, 7) is 10.8. The van der Waals surface area contributed by atoms with E-state index in [1.165, 1.54) is 4.88 Å². The summed E-state index contributed by atoms with van der Waals surface area (Å²) in [5.41, 5.74) is 5.08. The minimum absolute atomic E-state index is 0.249. The Morgan fingerprint density at radius 1 is 1.14 bits per heavy atom. The average molecular weight is 412 g/mol. The number of fused-ring (bicyclic) bond motifs is 1. The molecule has 154 valence electrons. The molecule has 0 atom stereocenters. The van der Waals surface area contributed by atoms with E-state index >= 15 is 0 Å².